The molecule has 5 heteroatoms. The van der Waals surface area contributed by atoms with Crippen LogP contribution in [0, 0.1) is 5.92 Å². The molecule has 5 nitrogen and oxygen atoms in total. The van der Waals surface area contributed by atoms with Gasteiger partial charge in [-0.15, -0.1) is 0 Å². The second kappa shape index (κ2) is 5.67. The van der Waals surface area contributed by atoms with E-state index in [0.717, 1.165) is 0 Å². The Bertz CT molecular complexity index is 318. The monoisotopic (exact) mass is 273 g/mol. The van der Waals surface area contributed by atoms with Crippen LogP contribution >= 0.6 is 0 Å². The van der Waals surface area contributed by atoms with E-state index >= 15 is 0 Å². The molecule has 1 rings (SSSR count). The van der Waals surface area contributed by atoms with Crippen LogP contribution in [0.4, 0.5) is 4.79 Å². The highest BCUT2D eigenvalue weighted by Gasteiger charge is 2.50. The first kappa shape index (κ1) is 16.2. The summed E-state index contributed by atoms with van der Waals surface area (Å²) in [7, 11) is 0. The van der Waals surface area contributed by atoms with E-state index in [1.165, 1.54) is 0 Å². The Labute approximate surface area is 115 Å². The summed E-state index contributed by atoms with van der Waals surface area (Å²) in [5.41, 5.74) is -1.08. The molecule has 0 spiro atoms. The Morgan fingerprint density at radius 2 is 2.00 bits per heavy atom. The van der Waals surface area contributed by atoms with Crippen molar-refractivity contribution in [2.75, 3.05) is 6.61 Å². The number of aliphatic hydroxyl groups excluding tert-OH is 1. The van der Waals surface area contributed by atoms with Gasteiger partial charge in [-0.3, -0.25) is 0 Å². The topological polar surface area (TPSA) is 71.1 Å². The molecule has 1 amide bonds. The van der Waals surface area contributed by atoms with Crippen LogP contribution in [0.25, 0.3) is 0 Å². The zero-order chi connectivity index (χ0) is 14.8. The number of ether oxygens (including phenoxy) is 2. The van der Waals surface area contributed by atoms with Crippen LogP contribution in [-0.4, -0.2) is 41.2 Å². The van der Waals surface area contributed by atoms with Crippen molar-refractivity contribution < 1.29 is 19.4 Å². The van der Waals surface area contributed by atoms with Crippen LogP contribution in [0.2, 0.25) is 0 Å². The van der Waals surface area contributed by atoms with Gasteiger partial charge in [0, 0.05) is 0 Å². The van der Waals surface area contributed by atoms with Crippen molar-refractivity contribution in [3.8, 4) is 0 Å². The van der Waals surface area contributed by atoms with Crippen LogP contribution in [0.1, 0.15) is 48.0 Å². The van der Waals surface area contributed by atoms with Crippen molar-refractivity contribution in [1.82, 2.24) is 5.32 Å². The van der Waals surface area contributed by atoms with E-state index in [-0.39, 0.29) is 6.04 Å². The van der Waals surface area contributed by atoms with Gasteiger partial charge in [-0.1, -0.05) is 13.8 Å². The summed E-state index contributed by atoms with van der Waals surface area (Å²) in [5, 5.41) is 13.1. The maximum atomic E-state index is 11.8. The van der Waals surface area contributed by atoms with E-state index in [2.05, 4.69) is 5.32 Å². The molecule has 0 radical (unpaired) electrons. The lowest BCUT2D eigenvalue weighted by Crippen LogP contribution is -2.51. The molecule has 112 valence electrons. The second-order valence-corrected chi connectivity index (χ2v) is 6.93. The first-order valence-corrected chi connectivity index (χ1v) is 6.85. The van der Waals surface area contributed by atoms with Gasteiger partial charge in [0.1, 0.15) is 17.3 Å². The first-order chi connectivity index (χ1) is 8.53. The third kappa shape index (κ3) is 5.37. The predicted molar refractivity (Wildman–Crippen MR) is 73.0 cm³/mol. The third-order valence-corrected chi connectivity index (χ3v) is 3.03. The number of hydrogen-bond donors (Lipinski definition) is 2. The fourth-order valence-corrected chi connectivity index (χ4v) is 1.94. The van der Waals surface area contributed by atoms with Gasteiger partial charge in [0.05, 0.1) is 12.6 Å². The number of rotatable bonds is 5. The van der Waals surface area contributed by atoms with Crippen molar-refractivity contribution in [3.63, 3.8) is 0 Å². The number of nitrogens with one attached hydrogen (secondary N) is 1. The molecular weight excluding hydrogens is 246 g/mol. The van der Waals surface area contributed by atoms with Gasteiger partial charge in [-0.25, -0.2) is 4.79 Å². The molecule has 0 aliphatic carbocycles. The molecule has 3 atom stereocenters. The molecule has 0 aromatic heterocycles. The summed E-state index contributed by atoms with van der Waals surface area (Å²) in [6.07, 6.45) is -0.539. The van der Waals surface area contributed by atoms with E-state index in [1.807, 2.05) is 41.5 Å². The lowest BCUT2D eigenvalue weighted by molar-refractivity contribution is 0.0228. The molecule has 1 aliphatic heterocycles. The normalized spacial score (nSPS) is 25.9. The Hall–Kier alpha value is -0.810. The van der Waals surface area contributed by atoms with Gasteiger partial charge in [0.15, 0.2) is 0 Å². The SMILES string of the molecule is CC(C)CC(NC(=O)OC(C)(C)C)C(O)C1(C)CO1. The Balaban J connectivity index is 2.62. The van der Waals surface area contributed by atoms with Gasteiger partial charge in [-0.05, 0) is 40.0 Å². The Morgan fingerprint density at radius 1 is 1.47 bits per heavy atom. The lowest BCUT2D eigenvalue weighted by Gasteiger charge is -2.29. The highest BCUT2D eigenvalue weighted by molar-refractivity contribution is 5.68. The van der Waals surface area contributed by atoms with Crippen molar-refractivity contribution in [1.29, 1.82) is 0 Å². The van der Waals surface area contributed by atoms with Gasteiger partial charge in [0.25, 0.3) is 0 Å². The summed E-state index contributed by atoms with van der Waals surface area (Å²) in [6, 6.07) is -0.359. The average molecular weight is 273 g/mol. The molecule has 0 bridgehead atoms. The van der Waals surface area contributed by atoms with E-state index in [4.69, 9.17) is 9.47 Å². The number of amides is 1. The summed E-state index contributed by atoms with van der Waals surface area (Å²) in [6.45, 7) is 11.9. The van der Waals surface area contributed by atoms with Crippen LogP contribution in [0.3, 0.4) is 0 Å². The highest BCUT2D eigenvalue weighted by atomic mass is 16.6. The van der Waals surface area contributed by atoms with Gasteiger partial charge < -0.3 is 19.9 Å². The van der Waals surface area contributed by atoms with E-state index in [9.17, 15) is 9.90 Å². The fourth-order valence-electron chi connectivity index (χ4n) is 1.94. The van der Waals surface area contributed by atoms with Gasteiger partial charge in [0.2, 0.25) is 0 Å². The Kier molecular flexibility index (Phi) is 4.85. The Morgan fingerprint density at radius 3 is 2.37 bits per heavy atom. The number of alkyl carbamates (subject to hydrolysis) is 1. The standard InChI is InChI=1S/C14H27NO4/c1-9(2)7-10(11(16)14(6)8-18-14)15-12(17)19-13(3,4)5/h9-11,16H,7-8H2,1-6H3,(H,15,17). The van der Waals surface area contributed by atoms with Crippen molar-refractivity contribution >= 4 is 6.09 Å². The number of aliphatic hydroxyl groups is 1. The van der Waals surface area contributed by atoms with Crippen LogP contribution in [-0.2, 0) is 9.47 Å². The molecule has 0 saturated carbocycles. The zero-order valence-electron chi connectivity index (χ0n) is 12.8. The number of carbonyl (C=O) groups excluding carboxylic acids is 1. The maximum absolute atomic E-state index is 11.8. The number of carbonyl (C=O) groups is 1. The minimum Gasteiger partial charge on any atom is -0.444 e. The quantitative estimate of drug-likeness (QED) is 0.752. The fraction of sp³-hybridized carbons (Fsp3) is 0.929. The summed E-state index contributed by atoms with van der Waals surface area (Å²) in [5.74, 6) is 0.358. The van der Waals surface area contributed by atoms with Gasteiger partial charge >= 0.3 is 6.09 Å². The van der Waals surface area contributed by atoms with Crippen LogP contribution < -0.4 is 5.32 Å². The molecule has 1 saturated heterocycles. The molecule has 0 aromatic carbocycles. The minimum absolute atomic E-state index is 0.358. The summed E-state index contributed by atoms with van der Waals surface area (Å²) < 4.78 is 10.5. The van der Waals surface area contributed by atoms with Crippen molar-refractivity contribution in [2.24, 2.45) is 5.92 Å². The number of hydrogen-bond acceptors (Lipinski definition) is 4. The largest absolute Gasteiger partial charge is 0.444 e. The molecule has 19 heavy (non-hydrogen) atoms. The molecule has 1 heterocycles. The van der Waals surface area contributed by atoms with Gasteiger partial charge in [-0.2, -0.15) is 0 Å². The third-order valence-electron chi connectivity index (χ3n) is 3.03. The predicted octanol–water partition coefficient (Wildman–Crippen LogP) is 2.08. The van der Waals surface area contributed by atoms with Crippen LogP contribution in [0.15, 0.2) is 0 Å². The maximum Gasteiger partial charge on any atom is 0.407 e. The molecule has 2 N–H and O–H groups in total. The summed E-state index contributed by atoms with van der Waals surface area (Å²) >= 11 is 0. The highest BCUT2D eigenvalue weighted by Crippen LogP contribution is 2.33. The zero-order valence-corrected chi connectivity index (χ0v) is 12.8. The van der Waals surface area contributed by atoms with Crippen molar-refractivity contribution in [2.45, 2.75) is 71.3 Å². The smallest absolute Gasteiger partial charge is 0.407 e. The van der Waals surface area contributed by atoms with E-state index in [1.54, 1.807) is 0 Å². The van der Waals surface area contributed by atoms with E-state index in [0.29, 0.717) is 18.9 Å². The molecule has 3 unspecified atom stereocenters. The first-order valence-electron chi connectivity index (χ1n) is 6.85. The van der Waals surface area contributed by atoms with Crippen molar-refractivity contribution in [3.05, 3.63) is 0 Å². The second-order valence-electron chi connectivity index (χ2n) is 6.93. The summed E-state index contributed by atoms with van der Waals surface area (Å²) in [4.78, 5) is 11.8. The van der Waals surface area contributed by atoms with E-state index < -0.39 is 23.4 Å². The average Bonchev–Trinajstić information content (AvgIpc) is 2.92. The number of epoxide rings is 1. The van der Waals surface area contributed by atoms with Crippen LogP contribution in [0.5, 0.6) is 0 Å². The lowest BCUT2D eigenvalue weighted by atomic mass is 9.92. The molecule has 1 fully saturated rings. The molecule has 0 aromatic rings. The minimum atomic E-state index is -0.720. The molecule has 1 aliphatic rings. The molecular formula is C14H27NO4.